The lowest BCUT2D eigenvalue weighted by molar-refractivity contribution is 1.03. The van der Waals surface area contributed by atoms with Gasteiger partial charge in [0.15, 0.2) is 5.82 Å². The summed E-state index contributed by atoms with van der Waals surface area (Å²) >= 11 is 0. The molecule has 0 spiro atoms. The van der Waals surface area contributed by atoms with E-state index in [1.54, 1.807) is 0 Å². The van der Waals surface area contributed by atoms with Crippen LogP contribution in [0.5, 0.6) is 0 Å². The first-order valence-electron chi connectivity index (χ1n) is 19.1. The molecule has 3 heteroatoms. The van der Waals surface area contributed by atoms with Gasteiger partial charge in [0, 0.05) is 22.4 Å². The van der Waals surface area contributed by atoms with Crippen LogP contribution in [-0.4, -0.2) is 14.5 Å². The summed E-state index contributed by atoms with van der Waals surface area (Å²) in [6.45, 7) is 2.01. The number of nitrogens with zero attached hydrogens (tertiary/aromatic N) is 3. The van der Waals surface area contributed by atoms with Gasteiger partial charge < -0.3 is 0 Å². The molecule has 0 aliphatic heterocycles. The van der Waals surface area contributed by atoms with Crippen molar-refractivity contribution in [3.63, 3.8) is 0 Å². The molecular formula is C53H37N3. The summed E-state index contributed by atoms with van der Waals surface area (Å²) in [5.74, 6) is 1.48. The summed E-state index contributed by atoms with van der Waals surface area (Å²) in [4.78, 5) is 10.1. The zero-order chi connectivity index (χ0) is 37.4. The fourth-order valence-corrected chi connectivity index (χ4v) is 7.97. The molecule has 10 aromatic rings. The van der Waals surface area contributed by atoms with Crippen LogP contribution in [0.15, 0.2) is 200 Å². The van der Waals surface area contributed by atoms with Crippen LogP contribution in [0.4, 0.5) is 0 Å². The van der Waals surface area contributed by atoms with Crippen LogP contribution in [0.3, 0.4) is 0 Å². The van der Waals surface area contributed by atoms with Crippen molar-refractivity contribution in [3.05, 3.63) is 206 Å². The second kappa shape index (κ2) is 14.1. The monoisotopic (exact) mass is 715 g/mol. The Morgan fingerprint density at radius 2 is 1.02 bits per heavy atom. The smallest absolute Gasteiger partial charge is 0.154 e. The first-order valence-corrected chi connectivity index (χ1v) is 19.1. The van der Waals surface area contributed by atoms with Crippen LogP contribution in [0.25, 0.3) is 99.5 Å². The number of benzene rings is 8. The Morgan fingerprint density at radius 3 is 1.79 bits per heavy atom. The molecular weight excluding hydrogens is 679 g/mol. The molecule has 10 rings (SSSR count). The van der Waals surface area contributed by atoms with Gasteiger partial charge in [-0.2, -0.15) is 0 Å². The van der Waals surface area contributed by atoms with Gasteiger partial charge in [-0.1, -0.05) is 158 Å². The lowest BCUT2D eigenvalue weighted by Gasteiger charge is -2.11. The molecule has 0 aliphatic rings. The van der Waals surface area contributed by atoms with E-state index in [9.17, 15) is 0 Å². The maximum absolute atomic E-state index is 5.15. The number of rotatable bonds is 7. The van der Waals surface area contributed by atoms with Gasteiger partial charge in [0.25, 0.3) is 0 Å². The average molecular weight is 716 g/mol. The van der Waals surface area contributed by atoms with Crippen LogP contribution >= 0.6 is 0 Å². The topological polar surface area (TPSA) is 30.7 Å². The van der Waals surface area contributed by atoms with E-state index in [-0.39, 0.29) is 0 Å². The average Bonchev–Trinajstić information content (AvgIpc) is 3.61. The Morgan fingerprint density at radius 1 is 0.411 bits per heavy atom. The van der Waals surface area contributed by atoms with Gasteiger partial charge in [0.1, 0.15) is 5.82 Å². The van der Waals surface area contributed by atoms with Gasteiger partial charge in [-0.3, -0.25) is 4.57 Å². The minimum Gasteiger partial charge on any atom is -0.294 e. The summed E-state index contributed by atoms with van der Waals surface area (Å²) < 4.78 is 2.29. The molecule has 0 aliphatic carbocycles. The zero-order valence-corrected chi connectivity index (χ0v) is 31.0. The molecule has 0 radical (unpaired) electrons. The standard InChI is InChI=1S/C53H37N3/c1-2-3-4-5-9-20-51-54-48(39-15-7-6-8-16-39)35-52(55-51)56-49-19-13-12-18-46(49)53-47-34-44(28-24-38(47)29-30-50(53)56)43-27-23-37-22-26-42(32-45(37)33-43)41-25-21-36-14-10-11-17-40(36)31-41/h2-35H,1H3/b3-2-,5-4-,20-9+. The second-order valence-electron chi connectivity index (χ2n) is 14.2. The number of hydrogen-bond acceptors (Lipinski definition) is 2. The van der Waals surface area contributed by atoms with Crippen molar-refractivity contribution in [2.75, 3.05) is 0 Å². The third kappa shape index (κ3) is 6.06. The molecule has 2 aromatic heterocycles. The predicted molar refractivity (Wildman–Crippen MR) is 238 cm³/mol. The van der Waals surface area contributed by atoms with E-state index < -0.39 is 0 Å². The van der Waals surface area contributed by atoms with Crippen molar-refractivity contribution in [2.24, 2.45) is 0 Å². The van der Waals surface area contributed by atoms with Crippen molar-refractivity contribution >= 4 is 60.2 Å². The Labute approximate surface area is 325 Å². The van der Waals surface area contributed by atoms with Gasteiger partial charge in [0.05, 0.1) is 16.7 Å². The van der Waals surface area contributed by atoms with Crippen molar-refractivity contribution in [1.82, 2.24) is 14.5 Å². The van der Waals surface area contributed by atoms with E-state index in [2.05, 4.69) is 168 Å². The third-order valence-electron chi connectivity index (χ3n) is 10.7. The number of hydrogen-bond donors (Lipinski definition) is 0. The highest BCUT2D eigenvalue weighted by Crippen LogP contribution is 2.39. The first-order chi connectivity index (χ1) is 27.7. The van der Waals surface area contributed by atoms with Crippen molar-refractivity contribution < 1.29 is 0 Å². The van der Waals surface area contributed by atoms with Crippen molar-refractivity contribution in [1.29, 1.82) is 0 Å². The normalized spacial score (nSPS) is 12.2. The number of fused-ring (bicyclic) bond motifs is 7. The molecule has 2 heterocycles. The largest absolute Gasteiger partial charge is 0.294 e. The molecule has 8 aromatic carbocycles. The molecule has 56 heavy (non-hydrogen) atoms. The lowest BCUT2D eigenvalue weighted by atomic mass is 9.95. The van der Waals surface area contributed by atoms with E-state index in [4.69, 9.17) is 9.97 Å². The van der Waals surface area contributed by atoms with Crippen molar-refractivity contribution in [2.45, 2.75) is 6.92 Å². The summed E-state index contributed by atoms with van der Waals surface area (Å²) in [6.07, 6.45) is 12.0. The number of para-hydroxylation sites is 1. The number of aromatic nitrogens is 3. The molecule has 0 N–H and O–H groups in total. The molecule has 264 valence electrons. The molecule has 0 atom stereocenters. The first kappa shape index (κ1) is 33.2. The lowest BCUT2D eigenvalue weighted by Crippen LogP contribution is -2.02. The highest BCUT2D eigenvalue weighted by molar-refractivity contribution is 6.21. The SMILES string of the molecule is C\C=C/C=C\C=C\c1nc(-c2ccccc2)cc(-n2c3ccccc3c3c4cc(-c5ccc6ccc(-c7ccc8ccccc8c7)cc6c5)ccc4ccc32)n1. The predicted octanol–water partition coefficient (Wildman–Crippen LogP) is 14.2. The fraction of sp³-hybridized carbons (Fsp3) is 0.0189. The molecule has 0 bridgehead atoms. The minimum absolute atomic E-state index is 0.653. The minimum atomic E-state index is 0.653. The Hall–Kier alpha value is -7.36. The van der Waals surface area contributed by atoms with Gasteiger partial charge >= 0.3 is 0 Å². The molecule has 0 saturated carbocycles. The van der Waals surface area contributed by atoms with Crippen LogP contribution in [0, 0.1) is 0 Å². The Balaban J connectivity index is 1.12. The summed E-state index contributed by atoms with van der Waals surface area (Å²) in [7, 11) is 0. The quantitative estimate of drug-likeness (QED) is 0.154. The maximum atomic E-state index is 5.15. The van der Waals surface area contributed by atoms with Crippen LogP contribution < -0.4 is 0 Å². The van der Waals surface area contributed by atoms with Gasteiger partial charge in [-0.05, 0) is 104 Å². The van der Waals surface area contributed by atoms with Crippen LogP contribution in [0.2, 0.25) is 0 Å². The molecule has 0 unspecified atom stereocenters. The molecule has 0 fully saturated rings. The van der Waals surface area contributed by atoms with Crippen molar-refractivity contribution in [3.8, 4) is 39.3 Å². The maximum Gasteiger partial charge on any atom is 0.154 e. The van der Waals surface area contributed by atoms with Crippen LogP contribution in [0.1, 0.15) is 12.7 Å². The third-order valence-corrected chi connectivity index (χ3v) is 10.7. The van der Waals surface area contributed by atoms with E-state index in [1.807, 2.05) is 49.4 Å². The summed E-state index contributed by atoms with van der Waals surface area (Å²) in [5, 5.41) is 9.78. The van der Waals surface area contributed by atoms with Gasteiger partial charge in [0.2, 0.25) is 0 Å². The highest BCUT2D eigenvalue weighted by atomic mass is 15.1. The van der Waals surface area contributed by atoms with E-state index in [0.29, 0.717) is 5.82 Å². The van der Waals surface area contributed by atoms with Gasteiger partial charge in [-0.15, -0.1) is 0 Å². The molecule has 0 saturated heterocycles. The van der Waals surface area contributed by atoms with Gasteiger partial charge in [-0.25, -0.2) is 9.97 Å². The highest BCUT2D eigenvalue weighted by Gasteiger charge is 2.18. The second-order valence-corrected chi connectivity index (χ2v) is 14.2. The summed E-state index contributed by atoms with van der Waals surface area (Å²) in [6, 6.07) is 61.4. The Kier molecular flexibility index (Phi) is 8.38. The molecule has 3 nitrogen and oxygen atoms in total. The number of allylic oxidation sites excluding steroid dienone is 5. The van der Waals surface area contributed by atoms with E-state index >= 15 is 0 Å². The fourth-order valence-electron chi connectivity index (χ4n) is 7.97. The Bertz CT molecular complexity index is 3200. The zero-order valence-electron chi connectivity index (χ0n) is 31.0. The van der Waals surface area contributed by atoms with E-state index in [0.717, 1.165) is 28.1 Å². The van der Waals surface area contributed by atoms with E-state index in [1.165, 1.54) is 65.3 Å². The summed E-state index contributed by atoms with van der Waals surface area (Å²) in [5.41, 5.74) is 8.96. The van der Waals surface area contributed by atoms with Crippen LogP contribution in [-0.2, 0) is 0 Å². The molecule has 0 amide bonds.